The van der Waals surface area contributed by atoms with Crippen LogP contribution in [0.1, 0.15) is 17.4 Å². The third-order valence-electron chi connectivity index (χ3n) is 3.81. The number of nitrogens with zero attached hydrogens (tertiary/aromatic N) is 3. The number of rotatable bonds is 3. The molecule has 0 aliphatic carbocycles. The zero-order chi connectivity index (χ0) is 16.2. The molecular weight excluding hydrogens is 320 g/mol. The Hall–Kier alpha value is -2.06. The standard InChI is InChI=1S/C14H19ClN6O2/c1-9-8-23-5-4-21(9)13-6-10(15)12(19-20-13)7-16-14(22)11-2-3-17-18-11/h2-3,6,9,12,19H,4-5,7-8H2,1H3,(H,16,22)(H,17,18). The average molecular weight is 339 g/mol. The van der Waals surface area contributed by atoms with Crippen LogP contribution in [-0.2, 0) is 4.74 Å². The molecule has 23 heavy (non-hydrogen) atoms. The van der Waals surface area contributed by atoms with Gasteiger partial charge in [-0.15, -0.1) is 0 Å². The number of aromatic nitrogens is 2. The molecule has 0 radical (unpaired) electrons. The molecule has 2 atom stereocenters. The lowest BCUT2D eigenvalue weighted by atomic mass is 10.2. The van der Waals surface area contributed by atoms with Crippen LogP contribution in [0, 0.1) is 0 Å². The number of hydrogen-bond donors (Lipinski definition) is 3. The van der Waals surface area contributed by atoms with Crippen LogP contribution in [0.4, 0.5) is 0 Å². The van der Waals surface area contributed by atoms with Crippen LogP contribution >= 0.6 is 11.6 Å². The second-order valence-corrected chi connectivity index (χ2v) is 5.92. The minimum Gasteiger partial charge on any atom is -0.377 e. The third-order valence-corrected chi connectivity index (χ3v) is 4.18. The maximum Gasteiger partial charge on any atom is 0.269 e. The number of carbonyl (C=O) groups excluding carboxylic acids is 1. The number of halogens is 1. The van der Waals surface area contributed by atoms with Gasteiger partial charge in [0.05, 0.1) is 25.3 Å². The van der Waals surface area contributed by atoms with E-state index in [0.29, 0.717) is 30.5 Å². The van der Waals surface area contributed by atoms with Crippen molar-refractivity contribution in [3.05, 3.63) is 29.1 Å². The molecule has 0 aromatic carbocycles. The van der Waals surface area contributed by atoms with E-state index in [4.69, 9.17) is 16.3 Å². The minimum absolute atomic E-state index is 0.231. The molecule has 0 saturated carbocycles. The van der Waals surface area contributed by atoms with Crippen LogP contribution < -0.4 is 10.7 Å². The normalized spacial score (nSPS) is 24.5. The molecule has 1 saturated heterocycles. The Kier molecular flexibility index (Phi) is 4.82. The van der Waals surface area contributed by atoms with E-state index < -0.39 is 0 Å². The van der Waals surface area contributed by atoms with Gasteiger partial charge in [-0.3, -0.25) is 15.3 Å². The topological polar surface area (TPSA) is 94.6 Å². The zero-order valence-electron chi connectivity index (χ0n) is 12.8. The average Bonchev–Trinajstić information content (AvgIpc) is 3.08. The molecule has 2 aliphatic heterocycles. The number of nitrogens with one attached hydrogen (secondary N) is 3. The van der Waals surface area contributed by atoms with Gasteiger partial charge in [-0.2, -0.15) is 10.2 Å². The molecule has 2 unspecified atom stereocenters. The number of ether oxygens (including phenoxy) is 1. The highest BCUT2D eigenvalue weighted by Crippen LogP contribution is 2.16. The molecule has 1 fully saturated rings. The van der Waals surface area contributed by atoms with Crippen LogP contribution in [0.3, 0.4) is 0 Å². The number of H-pyrrole nitrogens is 1. The van der Waals surface area contributed by atoms with Gasteiger partial charge in [0.15, 0.2) is 0 Å². The first-order chi connectivity index (χ1) is 11.1. The van der Waals surface area contributed by atoms with Gasteiger partial charge in [-0.1, -0.05) is 11.6 Å². The molecule has 3 heterocycles. The lowest BCUT2D eigenvalue weighted by Crippen LogP contribution is -2.49. The number of amidine groups is 1. The number of hydrazone groups is 1. The summed E-state index contributed by atoms with van der Waals surface area (Å²) in [4.78, 5) is 14.0. The highest BCUT2D eigenvalue weighted by atomic mass is 35.5. The summed E-state index contributed by atoms with van der Waals surface area (Å²) < 4.78 is 5.42. The minimum atomic E-state index is -0.247. The number of aromatic amines is 1. The van der Waals surface area contributed by atoms with Gasteiger partial charge in [0.2, 0.25) is 0 Å². The van der Waals surface area contributed by atoms with Gasteiger partial charge in [-0.25, -0.2) is 0 Å². The van der Waals surface area contributed by atoms with E-state index >= 15 is 0 Å². The van der Waals surface area contributed by atoms with E-state index in [-0.39, 0.29) is 18.0 Å². The molecule has 8 nitrogen and oxygen atoms in total. The summed E-state index contributed by atoms with van der Waals surface area (Å²) in [6.07, 6.45) is 3.37. The molecule has 1 aromatic rings. The summed E-state index contributed by atoms with van der Waals surface area (Å²) in [5.41, 5.74) is 3.41. The summed E-state index contributed by atoms with van der Waals surface area (Å²) in [6, 6.07) is 1.61. The van der Waals surface area contributed by atoms with Crippen molar-refractivity contribution in [1.82, 2.24) is 25.8 Å². The Labute approximate surface area is 138 Å². The molecule has 2 aliphatic rings. The molecule has 124 valence electrons. The second kappa shape index (κ2) is 7.01. The lowest BCUT2D eigenvalue weighted by Gasteiger charge is -2.36. The molecular formula is C14H19ClN6O2. The van der Waals surface area contributed by atoms with E-state index in [1.807, 2.05) is 6.08 Å². The summed E-state index contributed by atoms with van der Waals surface area (Å²) in [6.45, 7) is 4.55. The predicted molar refractivity (Wildman–Crippen MR) is 86.2 cm³/mol. The first-order valence-electron chi connectivity index (χ1n) is 7.47. The van der Waals surface area contributed by atoms with Crippen molar-refractivity contribution >= 4 is 23.3 Å². The number of morpholine rings is 1. The smallest absolute Gasteiger partial charge is 0.269 e. The first-order valence-corrected chi connectivity index (χ1v) is 7.85. The second-order valence-electron chi connectivity index (χ2n) is 5.48. The fourth-order valence-corrected chi connectivity index (χ4v) is 2.72. The summed E-state index contributed by atoms with van der Waals surface area (Å²) in [7, 11) is 0. The summed E-state index contributed by atoms with van der Waals surface area (Å²) in [5.74, 6) is 0.562. The molecule has 3 N–H and O–H groups in total. The summed E-state index contributed by atoms with van der Waals surface area (Å²) in [5, 5.41) is 14.1. The monoisotopic (exact) mass is 338 g/mol. The SMILES string of the molecule is CC1COCCN1C1=NNC(CNC(=O)c2ccn[nH]2)C(Cl)=C1. The van der Waals surface area contributed by atoms with E-state index in [9.17, 15) is 4.79 Å². The van der Waals surface area contributed by atoms with Crippen molar-refractivity contribution < 1.29 is 9.53 Å². The van der Waals surface area contributed by atoms with Gasteiger partial charge in [0.25, 0.3) is 5.91 Å². The summed E-state index contributed by atoms with van der Waals surface area (Å²) >= 11 is 6.34. The van der Waals surface area contributed by atoms with Crippen molar-refractivity contribution in [2.24, 2.45) is 5.10 Å². The van der Waals surface area contributed by atoms with Crippen LogP contribution in [0.2, 0.25) is 0 Å². The zero-order valence-corrected chi connectivity index (χ0v) is 13.5. The van der Waals surface area contributed by atoms with Crippen LogP contribution in [0.5, 0.6) is 0 Å². The van der Waals surface area contributed by atoms with Gasteiger partial charge in [0, 0.05) is 24.3 Å². The molecule has 9 heteroatoms. The van der Waals surface area contributed by atoms with Gasteiger partial charge in [-0.05, 0) is 19.1 Å². The fraction of sp³-hybridized carbons (Fsp3) is 0.500. The fourth-order valence-electron chi connectivity index (χ4n) is 2.49. The maximum atomic E-state index is 11.9. The molecule has 1 amide bonds. The molecule has 0 bridgehead atoms. The predicted octanol–water partition coefficient (Wildman–Crippen LogP) is 0.268. The van der Waals surface area contributed by atoms with Gasteiger partial charge < -0.3 is 15.0 Å². The molecule has 0 spiro atoms. The van der Waals surface area contributed by atoms with Crippen molar-refractivity contribution in [3.8, 4) is 0 Å². The van der Waals surface area contributed by atoms with E-state index in [2.05, 4.69) is 37.9 Å². The van der Waals surface area contributed by atoms with Crippen LogP contribution in [0.25, 0.3) is 0 Å². The Morgan fingerprint density at radius 1 is 1.61 bits per heavy atom. The van der Waals surface area contributed by atoms with Crippen molar-refractivity contribution in [1.29, 1.82) is 0 Å². The quantitative estimate of drug-likeness (QED) is 0.735. The van der Waals surface area contributed by atoms with E-state index in [1.165, 1.54) is 6.20 Å². The third kappa shape index (κ3) is 3.65. The molecule has 1 aromatic heterocycles. The van der Waals surface area contributed by atoms with Crippen molar-refractivity contribution in [2.75, 3.05) is 26.3 Å². The van der Waals surface area contributed by atoms with E-state index in [0.717, 1.165) is 12.4 Å². The van der Waals surface area contributed by atoms with E-state index in [1.54, 1.807) is 6.07 Å². The highest BCUT2D eigenvalue weighted by Gasteiger charge is 2.25. The lowest BCUT2D eigenvalue weighted by molar-refractivity contribution is 0.0333. The first kappa shape index (κ1) is 15.8. The van der Waals surface area contributed by atoms with Gasteiger partial charge in [0.1, 0.15) is 11.5 Å². The van der Waals surface area contributed by atoms with Crippen molar-refractivity contribution in [3.63, 3.8) is 0 Å². The van der Waals surface area contributed by atoms with Crippen molar-refractivity contribution in [2.45, 2.75) is 19.0 Å². The maximum absolute atomic E-state index is 11.9. The van der Waals surface area contributed by atoms with Crippen LogP contribution in [-0.4, -0.2) is 65.2 Å². The Balaban J connectivity index is 1.56. The number of carbonyl (C=O) groups is 1. The Morgan fingerprint density at radius 3 is 3.17 bits per heavy atom. The largest absolute Gasteiger partial charge is 0.377 e. The molecule has 3 rings (SSSR count). The number of hydrogen-bond acceptors (Lipinski definition) is 6. The van der Waals surface area contributed by atoms with Crippen LogP contribution in [0.15, 0.2) is 28.5 Å². The highest BCUT2D eigenvalue weighted by molar-refractivity contribution is 6.32. The van der Waals surface area contributed by atoms with Gasteiger partial charge >= 0.3 is 0 Å². The Morgan fingerprint density at radius 2 is 2.48 bits per heavy atom. The Bertz CT molecular complexity index is 615. The number of amides is 1.